The summed E-state index contributed by atoms with van der Waals surface area (Å²) in [6.07, 6.45) is 0. The second-order valence-electron chi connectivity index (χ2n) is 4.35. The molecule has 21 heavy (non-hydrogen) atoms. The lowest BCUT2D eigenvalue weighted by molar-refractivity contribution is 0.0951. The van der Waals surface area contributed by atoms with Crippen LogP contribution in [0.2, 0.25) is 0 Å². The second-order valence-corrected chi connectivity index (χ2v) is 5.26. The molecule has 0 unspecified atom stereocenters. The van der Waals surface area contributed by atoms with Crippen molar-refractivity contribution in [2.75, 3.05) is 7.11 Å². The number of hydrogen-bond donors (Lipinski definition) is 1. The highest BCUT2D eigenvalue weighted by atomic mass is 79.9. The molecule has 4 nitrogen and oxygen atoms in total. The molecule has 2 aromatic rings. The van der Waals surface area contributed by atoms with E-state index in [1.807, 2.05) is 43.3 Å². The van der Waals surface area contributed by atoms with E-state index in [9.17, 15) is 4.79 Å². The maximum atomic E-state index is 12.2. The zero-order valence-corrected chi connectivity index (χ0v) is 13.3. The highest BCUT2D eigenvalue weighted by molar-refractivity contribution is 9.10. The molecule has 0 aliphatic rings. The summed E-state index contributed by atoms with van der Waals surface area (Å²) < 4.78 is 5.99. The molecule has 0 aliphatic carbocycles. The van der Waals surface area contributed by atoms with Crippen LogP contribution < -0.4 is 10.2 Å². The van der Waals surface area contributed by atoms with Crippen LogP contribution in [-0.4, -0.2) is 18.7 Å². The molecule has 2 rings (SSSR count). The normalized spacial score (nSPS) is 11.1. The number of hydrogen-bond acceptors (Lipinski definition) is 3. The first kappa shape index (κ1) is 15.3. The number of ether oxygens (including phenoxy) is 1. The van der Waals surface area contributed by atoms with Gasteiger partial charge in [0.1, 0.15) is 5.75 Å². The van der Waals surface area contributed by atoms with Crippen LogP contribution in [0, 0.1) is 0 Å². The summed E-state index contributed by atoms with van der Waals surface area (Å²) >= 11 is 3.34. The van der Waals surface area contributed by atoms with Crippen LogP contribution >= 0.6 is 15.9 Å². The third-order valence-electron chi connectivity index (χ3n) is 2.92. The maximum Gasteiger partial charge on any atom is 0.275 e. The Hall–Kier alpha value is -2.14. The maximum absolute atomic E-state index is 12.2. The smallest absolute Gasteiger partial charge is 0.275 e. The Bertz CT molecular complexity index is 669. The number of carbonyl (C=O) groups is 1. The van der Waals surface area contributed by atoms with Gasteiger partial charge in [-0.1, -0.05) is 46.3 Å². The zero-order chi connectivity index (χ0) is 15.2. The van der Waals surface area contributed by atoms with E-state index >= 15 is 0 Å². The molecular weight excluding hydrogens is 332 g/mol. The number of benzene rings is 2. The van der Waals surface area contributed by atoms with Crippen LogP contribution in [0.25, 0.3) is 0 Å². The van der Waals surface area contributed by atoms with Crippen LogP contribution in [0.3, 0.4) is 0 Å². The zero-order valence-electron chi connectivity index (χ0n) is 11.8. The standard InChI is InChI=1S/C16H15BrN2O2/c1-11(12-6-4-3-5-7-12)18-19-16(20)14-10-13(17)8-9-15(14)21-2/h3-10H,1-2H3,(H,19,20)/b18-11-. The van der Waals surface area contributed by atoms with Crippen molar-refractivity contribution in [3.63, 3.8) is 0 Å². The highest BCUT2D eigenvalue weighted by Crippen LogP contribution is 2.22. The topological polar surface area (TPSA) is 50.7 Å². The molecule has 2 aromatic carbocycles. The van der Waals surface area contributed by atoms with Crippen molar-refractivity contribution in [2.45, 2.75) is 6.92 Å². The van der Waals surface area contributed by atoms with Gasteiger partial charge in [0.15, 0.2) is 0 Å². The summed E-state index contributed by atoms with van der Waals surface area (Å²) in [6.45, 7) is 1.84. The van der Waals surface area contributed by atoms with Gasteiger partial charge in [-0.15, -0.1) is 0 Å². The molecule has 0 heterocycles. The van der Waals surface area contributed by atoms with Gasteiger partial charge in [0.25, 0.3) is 5.91 Å². The minimum absolute atomic E-state index is 0.316. The van der Waals surface area contributed by atoms with Crippen molar-refractivity contribution < 1.29 is 9.53 Å². The fourth-order valence-electron chi connectivity index (χ4n) is 1.80. The minimum Gasteiger partial charge on any atom is -0.496 e. The average molecular weight is 347 g/mol. The van der Waals surface area contributed by atoms with E-state index in [4.69, 9.17) is 4.74 Å². The van der Waals surface area contributed by atoms with E-state index in [1.165, 1.54) is 7.11 Å². The van der Waals surface area contributed by atoms with Gasteiger partial charge in [-0.05, 0) is 30.7 Å². The summed E-state index contributed by atoms with van der Waals surface area (Å²) in [6, 6.07) is 14.9. The number of methoxy groups -OCH3 is 1. The molecule has 0 bridgehead atoms. The number of amides is 1. The third kappa shape index (κ3) is 3.92. The van der Waals surface area contributed by atoms with Crippen LogP contribution in [0.1, 0.15) is 22.8 Å². The monoisotopic (exact) mass is 346 g/mol. The van der Waals surface area contributed by atoms with E-state index in [-0.39, 0.29) is 5.91 Å². The Labute approximate surface area is 132 Å². The van der Waals surface area contributed by atoms with E-state index in [0.717, 1.165) is 15.7 Å². The number of nitrogens with one attached hydrogen (secondary N) is 1. The molecule has 0 spiro atoms. The highest BCUT2D eigenvalue weighted by Gasteiger charge is 2.12. The van der Waals surface area contributed by atoms with Crippen molar-refractivity contribution in [1.82, 2.24) is 5.43 Å². The molecule has 0 saturated carbocycles. The number of rotatable bonds is 4. The van der Waals surface area contributed by atoms with Crippen LogP contribution in [0.5, 0.6) is 5.75 Å². The van der Waals surface area contributed by atoms with Gasteiger partial charge in [-0.2, -0.15) is 5.10 Å². The quantitative estimate of drug-likeness (QED) is 0.679. The van der Waals surface area contributed by atoms with Gasteiger partial charge < -0.3 is 4.74 Å². The number of carbonyl (C=O) groups excluding carboxylic acids is 1. The lowest BCUT2D eigenvalue weighted by Gasteiger charge is -2.08. The van der Waals surface area contributed by atoms with Crippen molar-refractivity contribution in [3.8, 4) is 5.75 Å². The molecule has 0 radical (unpaired) electrons. The summed E-state index contributed by atoms with van der Waals surface area (Å²) in [4.78, 5) is 12.2. The fourth-order valence-corrected chi connectivity index (χ4v) is 2.16. The Morgan fingerprint density at radius 3 is 2.57 bits per heavy atom. The van der Waals surface area contributed by atoms with Crippen LogP contribution in [0.15, 0.2) is 58.1 Å². The Balaban J connectivity index is 2.17. The first-order valence-corrected chi connectivity index (χ1v) is 7.14. The molecule has 0 saturated heterocycles. The van der Waals surface area contributed by atoms with Crippen molar-refractivity contribution in [1.29, 1.82) is 0 Å². The second kappa shape index (κ2) is 7.04. The molecule has 5 heteroatoms. The molecular formula is C16H15BrN2O2. The molecule has 0 aliphatic heterocycles. The summed E-state index contributed by atoms with van der Waals surface area (Å²) in [5, 5.41) is 4.12. The van der Waals surface area contributed by atoms with Gasteiger partial charge in [-0.25, -0.2) is 5.43 Å². The van der Waals surface area contributed by atoms with Crippen molar-refractivity contribution in [3.05, 3.63) is 64.1 Å². The largest absolute Gasteiger partial charge is 0.496 e. The lowest BCUT2D eigenvalue weighted by atomic mass is 10.1. The average Bonchev–Trinajstić information content (AvgIpc) is 2.53. The SMILES string of the molecule is COc1ccc(Br)cc1C(=O)N/N=C(/C)c1ccccc1. The molecule has 1 N–H and O–H groups in total. The first-order valence-electron chi connectivity index (χ1n) is 6.35. The number of nitrogens with zero attached hydrogens (tertiary/aromatic N) is 1. The van der Waals surface area contributed by atoms with Gasteiger partial charge in [0.2, 0.25) is 0 Å². The first-order chi connectivity index (χ1) is 10.1. The molecule has 0 fully saturated rings. The third-order valence-corrected chi connectivity index (χ3v) is 3.42. The molecule has 108 valence electrons. The number of hydrazone groups is 1. The number of halogens is 1. The van der Waals surface area contributed by atoms with E-state index in [0.29, 0.717) is 11.3 Å². The molecule has 1 amide bonds. The Morgan fingerprint density at radius 1 is 1.19 bits per heavy atom. The van der Waals surface area contributed by atoms with Gasteiger partial charge in [0, 0.05) is 4.47 Å². The summed E-state index contributed by atoms with van der Waals surface area (Å²) in [5.41, 5.74) is 4.67. The van der Waals surface area contributed by atoms with E-state index in [2.05, 4.69) is 26.5 Å². The van der Waals surface area contributed by atoms with Gasteiger partial charge in [-0.3, -0.25) is 4.79 Å². The van der Waals surface area contributed by atoms with E-state index in [1.54, 1.807) is 12.1 Å². The minimum atomic E-state index is -0.316. The summed E-state index contributed by atoms with van der Waals surface area (Å²) in [7, 11) is 1.53. The van der Waals surface area contributed by atoms with Crippen LogP contribution in [-0.2, 0) is 0 Å². The van der Waals surface area contributed by atoms with Gasteiger partial charge >= 0.3 is 0 Å². The van der Waals surface area contributed by atoms with Crippen molar-refractivity contribution >= 4 is 27.5 Å². The summed E-state index contributed by atoms with van der Waals surface area (Å²) in [5.74, 6) is 0.187. The Kier molecular flexibility index (Phi) is 5.11. The predicted octanol–water partition coefficient (Wildman–Crippen LogP) is 3.61. The molecule has 0 atom stereocenters. The predicted molar refractivity (Wildman–Crippen MR) is 86.8 cm³/mol. The molecule has 0 aromatic heterocycles. The Morgan fingerprint density at radius 2 is 1.90 bits per heavy atom. The lowest BCUT2D eigenvalue weighted by Crippen LogP contribution is -2.20. The van der Waals surface area contributed by atoms with E-state index < -0.39 is 0 Å². The fraction of sp³-hybridized carbons (Fsp3) is 0.125. The van der Waals surface area contributed by atoms with Gasteiger partial charge in [0.05, 0.1) is 18.4 Å². The van der Waals surface area contributed by atoms with Crippen molar-refractivity contribution in [2.24, 2.45) is 5.10 Å². The van der Waals surface area contributed by atoms with Crippen LogP contribution in [0.4, 0.5) is 0 Å².